The van der Waals surface area contributed by atoms with Gasteiger partial charge < -0.3 is 10.2 Å². The average Bonchev–Trinajstić information content (AvgIpc) is 2.35. The molecule has 1 aromatic carbocycles. The quantitative estimate of drug-likeness (QED) is 0.893. The zero-order chi connectivity index (χ0) is 13.1. The molecule has 0 unspecified atom stereocenters. The first-order valence-corrected chi connectivity index (χ1v) is 6.34. The molecule has 0 radical (unpaired) electrons. The number of hydrogen-bond acceptors (Lipinski definition) is 3. The van der Waals surface area contributed by atoms with E-state index in [0.717, 1.165) is 18.5 Å². The summed E-state index contributed by atoms with van der Waals surface area (Å²) in [6.45, 7) is 3.10. The lowest BCUT2D eigenvalue weighted by Gasteiger charge is -2.16. The van der Waals surface area contributed by atoms with E-state index in [1.807, 2.05) is 7.05 Å². The molecule has 3 nitrogen and oxygen atoms in total. The molecule has 96 valence electrons. The van der Waals surface area contributed by atoms with Crippen LogP contribution in [-0.4, -0.2) is 32.7 Å². The van der Waals surface area contributed by atoms with Gasteiger partial charge >= 0.3 is 0 Å². The van der Waals surface area contributed by atoms with Crippen LogP contribution in [0.2, 0.25) is 0 Å². The van der Waals surface area contributed by atoms with Crippen LogP contribution in [0.15, 0.2) is 24.3 Å². The fourth-order valence-electron chi connectivity index (χ4n) is 2.18. The summed E-state index contributed by atoms with van der Waals surface area (Å²) >= 11 is 0. The first-order chi connectivity index (χ1) is 8.63. The summed E-state index contributed by atoms with van der Waals surface area (Å²) in [5.41, 5.74) is 4.73. The van der Waals surface area contributed by atoms with Gasteiger partial charge in [0.1, 0.15) is 0 Å². The van der Waals surface area contributed by atoms with Crippen LogP contribution >= 0.6 is 0 Å². The first kappa shape index (κ1) is 12.8. The average molecular weight is 243 g/mol. The number of para-hydroxylation sites is 1. The molecule has 0 fully saturated rings. The van der Waals surface area contributed by atoms with Crippen molar-refractivity contribution in [1.29, 1.82) is 0 Å². The topological polar surface area (TPSA) is 28.2 Å². The fourth-order valence-corrected chi connectivity index (χ4v) is 2.18. The molecular formula is C15H21N3. The molecular weight excluding hydrogens is 222 g/mol. The number of nitrogens with zero attached hydrogens (tertiary/aromatic N) is 2. The summed E-state index contributed by atoms with van der Waals surface area (Å²) in [4.78, 5) is 6.97. The predicted molar refractivity (Wildman–Crippen MR) is 78.4 cm³/mol. The maximum atomic E-state index is 4.85. The molecule has 0 aliphatic rings. The van der Waals surface area contributed by atoms with Gasteiger partial charge in [-0.15, -0.1) is 0 Å². The number of benzene rings is 1. The number of pyridine rings is 1. The Morgan fingerprint density at radius 2 is 2.06 bits per heavy atom. The zero-order valence-electron chi connectivity index (χ0n) is 11.6. The number of rotatable bonds is 4. The van der Waals surface area contributed by atoms with E-state index in [1.54, 1.807) is 0 Å². The van der Waals surface area contributed by atoms with Gasteiger partial charge in [0.2, 0.25) is 0 Å². The molecule has 0 aliphatic carbocycles. The van der Waals surface area contributed by atoms with E-state index < -0.39 is 0 Å². The van der Waals surface area contributed by atoms with Gasteiger partial charge in [0.25, 0.3) is 0 Å². The molecule has 0 bridgehead atoms. The van der Waals surface area contributed by atoms with E-state index in [4.69, 9.17) is 4.98 Å². The van der Waals surface area contributed by atoms with Crippen molar-refractivity contribution in [2.75, 3.05) is 32.6 Å². The summed E-state index contributed by atoms with van der Waals surface area (Å²) in [5.74, 6) is 0. The molecule has 0 amide bonds. The predicted octanol–water partition coefficient (Wildman–Crippen LogP) is 2.37. The standard InChI is InChI=1S/C15H21N3/c1-11-10-12-6-5-7-14(18(3)4)15(12)17-13(11)8-9-16-2/h5-7,10,16H,8-9H2,1-4H3. The van der Waals surface area contributed by atoms with Crippen molar-refractivity contribution in [2.45, 2.75) is 13.3 Å². The molecule has 0 saturated carbocycles. The van der Waals surface area contributed by atoms with Gasteiger partial charge in [-0.3, -0.25) is 4.98 Å². The molecule has 2 rings (SSSR count). The summed E-state index contributed by atoms with van der Waals surface area (Å²) in [6, 6.07) is 8.57. The van der Waals surface area contributed by atoms with Crippen molar-refractivity contribution in [3.05, 3.63) is 35.5 Å². The highest BCUT2D eigenvalue weighted by molar-refractivity contribution is 5.91. The SMILES string of the molecule is CNCCc1nc2c(N(C)C)cccc2cc1C. The monoisotopic (exact) mass is 243 g/mol. The van der Waals surface area contributed by atoms with Crippen LogP contribution in [0, 0.1) is 6.92 Å². The Hall–Kier alpha value is -1.61. The van der Waals surface area contributed by atoms with E-state index in [-0.39, 0.29) is 0 Å². The summed E-state index contributed by atoms with van der Waals surface area (Å²) in [7, 11) is 6.09. The molecule has 0 spiro atoms. The lowest BCUT2D eigenvalue weighted by atomic mass is 10.1. The van der Waals surface area contributed by atoms with Crippen LogP contribution in [0.4, 0.5) is 5.69 Å². The number of likely N-dealkylation sites (N-methyl/N-ethyl adjacent to an activating group) is 1. The van der Waals surface area contributed by atoms with Crippen LogP contribution in [-0.2, 0) is 6.42 Å². The van der Waals surface area contributed by atoms with Crippen molar-refractivity contribution in [2.24, 2.45) is 0 Å². The second-order valence-corrected chi connectivity index (χ2v) is 4.85. The highest BCUT2D eigenvalue weighted by atomic mass is 15.1. The molecule has 1 aromatic heterocycles. The van der Waals surface area contributed by atoms with Gasteiger partial charge in [-0.25, -0.2) is 0 Å². The van der Waals surface area contributed by atoms with Crippen molar-refractivity contribution >= 4 is 16.6 Å². The summed E-state index contributed by atoms with van der Waals surface area (Å²) < 4.78 is 0. The van der Waals surface area contributed by atoms with Gasteiger partial charge in [-0.2, -0.15) is 0 Å². The molecule has 0 aliphatic heterocycles. The number of aromatic nitrogens is 1. The number of nitrogens with one attached hydrogen (secondary N) is 1. The molecule has 2 aromatic rings. The number of aryl methyl sites for hydroxylation is 1. The van der Waals surface area contributed by atoms with Crippen molar-refractivity contribution in [3.8, 4) is 0 Å². The highest BCUT2D eigenvalue weighted by Gasteiger charge is 2.08. The van der Waals surface area contributed by atoms with Gasteiger partial charge in [-0.05, 0) is 31.7 Å². The first-order valence-electron chi connectivity index (χ1n) is 6.34. The highest BCUT2D eigenvalue weighted by Crippen LogP contribution is 2.25. The number of anilines is 1. The lowest BCUT2D eigenvalue weighted by Crippen LogP contribution is -2.13. The van der Waals surface area contributed by atoms with Crippen molar-refractivity contribution < 1.29 is 0 Å². The van der Waals surface area contributed by atoms with Crippen molar-refractivity contribution in [1.82, 2.24) is 10.3 Å². The van der Waals surface area contributed by atoms with Crippen LogP contribution in [0.1, 0.15) is 11.3 Å². The third-order valence-electron chi connectivity index (χ3n) is 3.21. The van der Waals surface area contributed by atoms with Crippen molar-refractivity contribution in [3.63, 3.8) is 0 Å². The Bertz CT molecular complexity index is 547. The Labute approximate surface area is 109 Å². The van der Waals surface area contributed by atoms with E-state index in [0.29, 0.717) is 0 Å². The normalized spacial score (nSPS) is 10.9. The van der Waals surface area contributed by atoms with Gasteiger partial charge in [-0.1, -0.05) is 12.1 Å². The second-order valence-electron chi connectivity index (χ2n) is 4.85. The van der Waals surface area contributed by atoms with Gasteiger partial charge in [0.15, 0.2) is 0 Å². The molecule has 0 atom stereocenters. The Kier molecular flexibility index (Phi) is 3.82. The van der Waals surface area contributed by atoms with Crippen LogP contribution in [0.3, 0.4) is 0 Å². The summed E-state index contributed by atoms with van der Waals surface area (Å²) in [6.07, 6.45) is 0.972. The van der Waals surface area contributed by atoms with Gasteiger partial charge in [0, 0.05) is 38.1 Å². The summed E-state index contributed by atoms with van der Waals surface area (Å²) in [5, 5.41) is 4.39. The molecule has 18 heavy (non-hydrogen) atoms. The Morgan fingerprint density at radius 3 is 2.72 bits per heavy atom. The Morgan fingerprint density at radius 1 is 1.28 bits per heavy atom. The van der Waals surface area contributed by atoms with E-state index in [1.165, 1.54) is 22.3 Å². The van der Waals surface area contributed by atoms with Gasteiger partial charge in [0.05, 0.1) is 11.2 Å². The third kappa shape index (κ3) is 2.46. The number of hydrogen-bond donors (Lipinski definition) is 1. The minimum Gasteiger partial charge on any atom is -0.376 e. The maximum Gasteiger partial charge on any atom is 0.0938 e. The molecule has 1 heterocycles. The lowest BCUT2D eigenvalue weighted by molar-refractivity contribution is 0.775. The second kappa shape index (κ2) is 5.36. The minimum atomic E-state index is 0.962. The van der Waals surface area contributed by atoms with E-state index >= 15 is 0 Å². The largest absolute Gasteiger partial charge is 0.376 e. The molecule has 1 N–H and O–H groups in total. The number of fused-ring (bicyclic) bond motifs is 1. The van der Waals surface area contributed by atoms with E-state index in [2.05, 4.69) is 55.5 Å². The maximum absolute atomic E-state index is 4.85. The Balaban J connectivity index is 2.55. The molecule has 3 heteroatoms. The molecule has 0 saturated heterocycles. The van der Waals surface area contributed by atoms with Crippen LogP contribution in [0.25, 0.3) is 10.9 Å². The zero-order valence-corrected chi connectivity index (χ0v) is 11.6. The minimum absolute atomic E-state index is 0.962. The smallest absolute Gasteiger partial charge is 0.0938 e. The van der Waals surface area contributed by atoms with E-state index in [9.17, 15) is 0 Å². The van der Waals surface area contributed by atoms with Crippen LogP contribution < -0.4 is 10.2 Å². The fraction of sp³-hybridized carbons (Fsp3) is 0.400. The van der Waals surface area contributed by atoms with Crippen LogP contribution in [0.5, 0.6) is 0 Å². The third-order valence-corrected chi connectivity index (χ3v) is 3.21.